The van der Waals surface area contributed by atoms with E-state index in [4.69, 9.17) is 5.73 Å². The highest BCUT2D eigenvalue weighted by Gasteiger charge is 2.13. The Morgan fingerprint density at radius 3 is 2.55 bits per heavy atom. The summed E-state index contributed by atoms with van der Waals surface area (Å²) < 4.78 is 0. The molecule has 0 aliphatic carbocycles. The maximum absolute atomic E-state index is 12.9. The highest BCUT2D eigenvalue weighted by Crippen LogP contribution is 2.29. The number of carbonyl (C=O) groups excluding carboxylic acids is 1. The largest absolute Gasteiger partial charge is 0.348 e. The number of aromatic nitrogens is 1. The molecule has 0 spiro atoms. The van der Waals surface area contributed by atoms with Crippen molar-refractivity contribution in [1.82, 2.24) is 10.3 Å². The van der Waals surface area contributed by atoms with Crippen LogP contribution in [0.1, 0.15) is 57.9 Å². The molecule has 0 fully saturated rings. The third kappa shape index (κ3) is 4.90. The number of nitrogens with two attached hydrogens (primary N) is 1. The van der Waals surface area contributed by atoms with Crippen molar-refractivity contribution in [1.29, 1.82) is 0 Å². The van der Waals surface area contributed by atoms with Gasteiger partial charge in [0.1, 0.15) is 0 Å². The number of rotatable bonds is 6. The second kappa shape index (κ2) is 9.01. The van der Waals surface area contributed by atoms with Gasteiger partial charge in [0.05, 0.1) is 0 Å². The summed E-state index contributed by atoms with van der Waals surface area (Å²) in [4.78, 5) is 17.2. The summed E-state index contributed by atoms with van der Waals surface area (Å²) in [6, 6.07) is 14.2. The molecular weight excluding hydrogens is 358 g/mol. The Morgan fingerprint density at radius 1 is 1.03 bits per heavy atom. The average Bonchev–Trinajstić information content (AvgIpc) is 2.71. The quantitative estimate of drug-likeness (QED) is 0.633. The summed E-state index contributed by atoms with van der Waals surface area (Å²) in [5.41, 5.74) is 14.2. The van der Waals surface area contributed by atoms with Crippen molar-refractivity contribution in [3.05, 3.63) is 88.2 Å². The molecule has 0 aliphatic rings. The molecule has 150 valence electrons. The smallest absolute Gasteiger partial charge is 0.251 e. The summed E-state index contributed by atoms with van der Waals surface area (Å²) in [6.45, 7) is 9.29. The van der Waals surface area contributed by atoms with Crippen molar-refractivity contribution in [3.63, 3.8) is 0 Å². The number of nitrogens with one attached hydrogen (secondary N) is 1. The van der Waals surface area contributed by atoms with E-state index in [1.165, 1.54) is 5.56 Å². The topological polar surface area (TPSA) is 68.0 Å². The van der Waals surface area contributed by atoms with Gasteiger partial charge in [0.15, 0.2) is 0 Å². The molecular formula is C25H29N3O. The van der Waals surface area contributed by atoms with Crippen LogP contribution in [0, 0.1) is 13.8 Å². The SMILES string of the molecule is Cc1cc(C(=O)NCc2cc(C)ccc2CN)cc(-c2ccncc2C(C)C)c1. The molecule has 0 bridgehead atoms. The van der Waals surface area contributed by atoms with Crippen LogP contribution >= 0.6 is 0 Å². The lowest BCUT2D eigenvalue weighted by Crippen LogP contribution is -2.24. The van der Waals surface area contributed by atoms with Crippen molar-refractivity contribution >= 4 is 5.91 Å². The fourth-order valence-electron chi connectivity index (χ4n) is 3.60. The molecule has 4 nitrogen and oxygen atoms in total. The Bertz CT molecular complexity index is 1020. The van der Waals surface area contributed by atoms with E-state index >= 15 is 0 Å². The van der Waals surface area contributed by atoms with E-state index in [-0.39, 0.29) is 5.91 Å². The molecule has 3 rings (SSSR count). The molecule has 1 aromatic heterocycles. The third-order valence-corrected chi connectivity index (χ3v) is 5.15. The lowest BCUT2D eigenvalue weighted by molar-refractivity contribution is 0.0950. The van der Waals surface area contributed by atoms with Gasteiger partial charge in [-0.25, -0.2) is 0 Å². The van der Waals surface area contributed by atoms with Crippen molar-refractivity contribution in [2.24, 2.45) is 5.73 Å². The van der Waals surface area contributed by atoms with Gasteiger partial charge in [-0.15, -0.1) is 0 Å². The predicted molar refractivity (Wildman–Crippen MR) is 119 cm³/mol. The zero-order valence-corrected chi connectivity index (χ0v) is 17.6. The number of amides is 1. The fourth-order valence-corrected chi connectivity index (χ4v) is 3.60. The maximum Gasteiger partial charge on any atom is 0.251 e. The molecule has 1 heterocycles. The molecule has 0 saturated heterocycles. The zero-order chi connectivity index (χ0) is 21.0. The molecule has 29 heavy (non-hydrogen) atoms. The van der Waals surface area contributed by atoms with Crippen molar-refractivity contribution in [2.75, 3.05) is 0 Å². The van der Waals surface area contributed by atoms with Crippen LogP contribution in [-0.4, -0.2) is 10.9 Å². The van der Waals surface area contributed by atoms with Crippen LogP contribution in [0.5, 0.6) is 0 Å². The van der Waals surface area contributed by atoms with E-state index in [0.29, 0.717) is 24.6 Å². The highest BCUT2D eigenvalue weighted by molar-refractivity contribution is 5.95. The minimum absolute atomic E-state index is 0.0837. The molecule has 4 heteroatoms. The molecule has 2 aromatic carbocycles. The van der Waals surface area contributed by atoms with Gasteiger partial charge in [-0.2, -0.15) is 0 Å². The molecule has 0 saturated carbocycles. The normalized spacial score (nSPS) is 11.0. The Balaban J connectivity index is 1.87. The van der Waals surface area contributed by atoms with Crippen LogP contribution in [0.2, 0.25) is 0 Å². The first kappa shape index (κ1) is 20.7. The number of aryl methyl sites for hydroxylation is 2. The lowest BCUT2D eigenvalue weighted by atomic mass is 9.92. The number of hydrogen-bond donors (Lipinski definition) is 2. The molecule has 0 radical (unpaired) electrons. The molecule has 3 aromatic rings. The van der Waals surface area contributed by atoms with Crippen molar-refractivity contribution in [3.8, 4) is 11.1 Å². The van der Waals surface area contributed by atoms with Crippen LogP contribution in [-0.2, 0) is 13.1 Å². The van der Waals surface area contributed by atoms with Gasteiger partial charge in [0, 0.05) is 31.0 Å². The Labute approximate surface area is 173 Å². The number of pyridine rings is 1. The standard InChI is InChI=1S/C25H29N3O/c1-16(2)24-15-27-8-7-23(24)20-10-18(4)11-21(12-20)25(29)28-14-22-9-17(3)5-6-19(22)13-26/h5-12,15-16H,13-14,26H2,1-4H3,(H,28,29). The lowest BCUT2D eigenvalue weighted by Gasteiger charge is -2.15. The van der Waals surface area contributed by atoms with E-state index in [1.807, 2.05) is 50.4 Å². The first-order chi connectivity index (χ1) is 13.9. The highest BCUT2D eigenvalue weighted by atomic mass is 16.1. The minimum atomic E-state index is -0.0837. The average molecular weight is 388 g/mol. The summed E-state index contributed by atoms with van der Waals surface area (Å²) in [7, 11) is 0. The van der Waals surface area contributed by atoms with Gasteiger partial charge in [0.25, 0.3) is 5.91 Å². The van der Waals surface area contributed by atoms with Gasteiger partial charge >= 0.3 is 0 Å². The Kier molecular flexibility index (Phi) is 6.45. The van der Waals surface area contributed by atoms with E-state index in [9.17, 15) is 4.79 Å². The second-order valence-corrected chi connectivity index (χ2v) is 7.86. The summed E-state index contributed by atoms with van der Waals surface area (Å²) in [6.07, 6.45) is 3.71. The van der Waals surface area contributed by atoms with Gasteiger partial charge in [-0.3, -0.25) is 9.78 Å². The molecule has 0 unspecified atom stereocenters. The Hall–Kier alpha value is -2.98. The third-order valence-electron chi connectivity index (χ3n) is 5.15. The number of nitrogens with zero attached hydrogens (tertiary/aromatic N) is 1. The van der Waals surface area contributed by atoms with E-state index in [2.05, 4.69) is 36.3 Å². The predicted octanol–water partition coefficient (Wildman–Crippen LogP) is 4.88. The van der Waals surface area contributed by atoms with Crippen molar-refractivity contribution < 1.29 is 4.79 Å². The molecule has 1 amide bonds. The van der Waals surface area contributed by atoms with Gasteiger partial charge in [0.2, 0.25) is 0 Å². The summed E-state index contributed by atoms with van der Waals surface area (Å²) >= 11 is 0. The Morgan fingerprint density at radius 2 is 1.83 bits per heavy atom. The van der Waals surface area contributed by atoms with Crippen LogP contribution in [0.25, 0.3) is 11.1 Å². The first-order valence-electron chi connectivity index (χ1n) is 10.0. The number of hydrogen-bond acceptors (Lipinski definition) is 3. The van der Waals surface area contributed by atoms with Crippen LogP contribution in [0.3, 0.4) is 0 Å². The second-order valence-electron chi connectivity index (χ2n) is 7.86. The fraction of sp³-hybridized carbons (Fsp3) is 0.280. The van der Waals surface area contributed by atoms with E-state index in [1.54, 1.807) is 6.20 Å². The van der Waals surface area contributed by atoms with Gasteiger partial charge in [-0.1, -0.05) is 43.7 Å². The van der Waals surface area contributed by atoms with Crippen LogP contribution < -0.4 is 11.1 Å². The van der Waals surface area contributed by atoms with Gasteiger partial charge < -0.3 is 11.1 Å². The summed E-state index contributed by atoms with van der Waals surface area (Å²) in [5.74, 6) is 0.270. The van der Waals surface area contributed by atoms with Crippen LogP contribution in [0.15, 0.2) is 54.9 Å². The molecule has 0 aliphatic heterocycles. The molecule has 0 atom stereocenters. The first-order valence-corrected chi connectivity index (χ1v) is 10.0. The molecule has 3 N–H and O–H groups in total. The summed E-state index contributed by atoms with van der Waals surface area (Å²) in [5, 5.41) is 3.05. The zero-order valence-electron chi connectivity index (χ0n) is 17.6. The number of benzene rings is 2. The van der Waals surface area contributed by atoms with E-state index < -0.39 is 0 Å². The van der Waals surface area contributed by atoms with Gasteiger partial charge in [-0.05, 0) is 71.3 Å². The van der Waals surface area contributed by atoms with Crippen molar-refractivity contribution in [2.45, 2.75) is 46.7 Å². The van der Waals surface area contributed by atoms with E-state index in [0.717, 1.165) is 33.4 Å². The van der Waals surface area contributed by atoms with Crippen LogP contribution in [0.4, 0.5) is 0 Å². The monoisotopic (exact) mass is 387 g/mol. The minimum Gasteiger partial charge on any atom is -0.348 e. The maximum atomic E-state index is 12.9. The number of carbonyl (C=O) groups is 1.